The molecular formula is C13H9Cl. The quantitative estimate of drug-likeness (QED) is 0.561. The minimum absolute atomic E-state index is 0.0381. The minimum atomic E-state index is 0.0381. The fourth-order valence-electron chi connectivity index (χ4n) is 2.05. The summed E-state index contributed by atoms with van der Waals surface area (Å²) in [7, 11) is 0. The fourth-order valence-corrected chi connectivity index (χ4v) is 2.37. The van der Waals surface area contributed by atoms with Crippen molar-refractivity contribution in [3.63, 3.8) is 0 Å². The lowest BCUT2D eigenvalue weighted by Gasteiger charge is -2.07. The Bertz CT molecular complexity index is 526. The van der Waals surface area contributed by atoms with Gasteiger partial charge in [0.2, 0.25) is 0 Å². The van der Waals surface area contributed by atoms with E-state index in [9.17, 15) is 0 Å². The average molecular weight is 201 g/mol. The van der Waals surface area contributed by atoms with Gasteiger partial charge in [-0.3, -0.25) is 0 Å². The van der Waals surface area contributed by atoms with Gasteiger partial charge in [-0.2, -0.15) is 0 Å². The third-order valence-corrected chi connectivity index (χ3v) is 3.09. The second kappa shape index (κ2) is 2.86. The predicted molar refractivity (Wildman–Crippen MR) is 61.6 cm³/mol. The second-order valence-electron chi connectivity index (χ2n) is 3.55. The average Bonchev–Trinajstić information content (AvgIpc) is 2.61. The molecule has 0 fully saturated rings. The Labute approximate surface area is 87.8 Å². The lowest BCUT2D eigenvalue weighted by molar-refractivity contribution is 1.28. The number of allylic oxidation sites excluding steroid dienone is 1. The number of rotatable bonds is 0. The van der Waals surface area contributed by atoms with Crippen molar-refractivity contribution in [3.05, 3.63) is 53.6 Å². The first kappa shape index (κ1) is 8.07. The first-order valence-electron chi connectivity index (χ1n) is 4.70. The maximum Gasteiger partial charge on any atom is 0.0781 e. The van der Waals surface area contributed by atoms with Crippen LogP contribution in [0.15, 0.2) is 42.5 Å². The summed E-state index contributed by atoms with van der Waals surface area (Å²) in [6, 6.07) is 12.7. The van der Waals surface area contributed by atoms with Gasteiger partial charge in [0.1, 0.15) is 0 Å². The maximum absolute atomic E-state index is 6.23. The Morgan fingerprint density at radius 2 is 1.86 bits per heavy atom. The minimum Gasteiger partial charge on any atom is -0.113 e. The van der Waals surface area contributed by atoms with Crippen LogP contribution in [0.1, 0.15) is 16.5 Å². The highest BCUT2D eigenvalue weighted by Gasteiger charge is 2.16. The van der Waals surface area contributed by atoms with E-state index in [1.807, 2.05) is 6.08 Å². The fraction of sp³-hybridized carbons (Fsp3) is 0.0769. The molecule has 68 valence electrons. The van der Waals surface area contributed by atoms with Gasteiger partial charge in [0, 0.05) is 0 Å². The Morgan fingerprint density at radius 1 is 1.00 bits per heavy atom. The Balaban J connectivity index is 2.44. The summed E-state index contributed by atoms with van der Waals surface area (Å²) >= 11 is 6.23. The maximum atomic E-state index is 6.23. The molecule has 0 aromatic heterocycles. The van der Waals surface area contributed by atoms with E-state index in [2.05, 4.69) is 42.5 Å². The Morgan fingerprint density at radius 3 is 2.79 bits per heavy atom. The molecule has 1 heteroatoms. The highest BCUT2D eigenvalue weighted by atomic mass is 35.5. The van der Waals surface area contributed by atoms with E-state index in [1.165, 1.54) is 21.9 Å². The zero-order valence-corrected chi connectivity index (χ0v) is 8.33. The number of benzene rings is 2. The van der Waals surface area contributed by atoms with Crippen LogP contribution in [0.25, 0.3) is 16.8 Å². The van der Waals surface area contributed by atoms with Crippen LogP contribution in [0.4, 0.5) is 0 Å². The number of alkyl halides is 1. The zero-order valence-electron chi connectivity index (χ0n) is 7.57. The summed E-state index contributed by atoms with van der Waals surface area (Å²) in [5.74, 6) is 0. The van der Waals surface area contributed by atoms with Crippen LogP contribution in [-0.4, -0.2) is 0 Å². The molecule has 14 heavy (non-hydrogen) atoms. The molecule has 0 aliphatic heterocycles. The van der Waals surface area contributed by atoms with Gasteiger partial charge in [0.15, 0.2) is 0 Å². The van der Waals surface area contributed by atoms with Crippen LogP contribution in [-0.2, 0) is 0 Å². The molecule has 0 heterocycles. The molecule has 0 nitrogen and oxygen atoms in total. The van der Waals surface area contributed by atoms with E-state index in [1.54, 1.807) is 0 Å². The highest BCUT2D eigenvalue weighted by Crippen LogP contribution is 2.37. The number of hydrogen-bond donors (Lipinski definition) is 0. The van der Waals surface area contributed by atoms with Gasteiger partial charge in [-0.05, 0) is 21.9 Å². The van der Waals surface area contributed by atoms with Gasteiger partial charge in [-0.1, -0.05) is 48.6 Å². The van der Waals surface area contributed by atoms with E-state index in [4.69, 9.17) is 11.6 Å². The van der Waals surface area contributed by atoms with Crippen molar-refractivity contribution in [2.75, 3.05) is 0 Å². The first-order valence-corrected chi connectivity index (χ1v) is 5.14. The van der Waals surface area contributed by atoms with Crippen LogP contribution in [0.2, 0.25) is 0 Å². The van der Waals surface area contributed by atoms with E-state index < -0.39 is 0 Å². The van der Waals surface area contributed by atoms with Crippen LogP contribution < -0.4 is 0 Å². The summed E-state index contributed by atoms with van der Waals surface area (Å²) in [4.78, 5) is 0. The molecule has 1 atom stereocenters. The van der Waals surface area contributed by atoms with Crippen molar-refractivity contribution in [1.29, 1.82) is 0 Å². The first-order chi connectivity index (χ1) is 6.86. The Hall–Kier alpha value is -1.27. The molecule has 1 aliphatic rings. The van der Waals surface area contributed by atoms with Crippen molar-refractivity contribution in [1.82, 2.24) is 0 Å². The summed E-state index contributed by atoms with van der Waals surface area (Å²) in [6.07, 6.45) is 4.14. The van der Waals surface area contributed by atoms with Crippen LogP contribution in [0, 0.1) is 0 Å². The molecule has 1 unspecified atom stereocenters. The topological polar surface area (TPSA) is 0 Å². The largest absolute Gasteiger partial charge is 0.113 e. The second-order valence-corrected chi connectivity index (χ2v) is 4.02. The molecule has 1 aliphatic carbocycles. The molecule has 0 radical (unpaired) electrons. The van der Waals surface area contributed by atoms with E-state index in [0.29, 0.717) is 0 Å². The highest BCUT2D eigenvalue weighted by molar-refractivity contribution is 6.24. The van der Waals surface area contributed by atoms with Gasteiger partial charge in [-0.25, -0.2) is 0 Å². The molecule has 0 amide bonds. The van der Waals surface area contributed by atoms with Crippen molar-refractivity contribution < 1.29 is 0 Å². The van der Waals surface area contributed by atoms with Crippen LogP contribution >= 0.6 is 11.6 Å². The van der Waals surface area contributed by atoms with Crippen LogP contribution in [0.5, 0.6) is 0 Å². The van der Waals surface area contributed by atoms with Crippen LogP contribution in [0.3, 0.4) is 0 Å². The van der Waals surface area contributed by atoms with Gasteiger partial charge in [-0.15, -0.1) is 11.6 Å². The molecule has 0 bridgehead atoms. The van der Waals surface area contributed by atoms with Gasteiger partial charge in [0.25, 0.3) is 0 Å². The predicted octanol–water partition coefficient (Wildman–Crippen LogP) is 4.15. The number of fused-ring (bicyclic) bond motifs is 3. The Kier molecular flexibility index (Phi) is 1.65. The number of halogens is 1. The zero-order chi connectivity index (χ0) is 9.54. The van der Waals surface area contributed by atoms with E-state index in [-0.39, 0.29) is 5.38 Å². The third-order valence-electron chi connectivity index (χ3n) is 2.72. The molecule has 3 rings (SSSR count). The smallest absolute Gasteiger partial charge is 0.0781 e. The molecule has 2 aromatic carbocycles. The molecule has 0 spiro atoms. The lowest BCUT2D eigenvalue weighted by atomic mass is 10.0. The van der Waals surface area contributed by atoms with Gasteiger partial charge >= 0.3 is 0 Å². The van der Waals surface area contributed by atoms with Crippen molar-refractivity contribution in [2.24, 2.45) is 0 Å². The van der Waals surface area contributed by atoms with Gasteiger partial charge < -0.3 is 0 Å². The van der Waals surface area contributed by atoms with Crippen molar-refractivity contribution in [2.45, 2.75) is 5.38 Å². The lowest BCUT2D eigenvalue weighted by Crippen LogP contribution is -1.87. The summed E-state index contributed by atoms with van der Waals surface area (Å²) in [6.45, 7) is 0. The normalized spacial score (nSPS) is 18.8. The van der Waals surface area contributed by atoms with E-state index >= 15 is 0 Å². The third kappa shape index (κ3) is 1.01. The molecule has 0 N–H and O–H groups in total. The molecule has 0 saturated heterocycles. The molecule has 0 saturated carbocycles. The van der Waals surface area contributed by atoms with Gasteiger partial charge in [0.05, 0.1) is 5.38 Å². The standard InChI is InChI=1S/C13H9Cl/c14-12-8-7-10-6-5-9-3-1-2-4-11(9)13(10)12/h1-8,12H. The summed E-state index contributed by atoms with van der Waals surface area (Å²) < 4.78 is 0. The summed E-state index contributed by atoms with van der Waals surface area (Å²) in [5.41, 5.74) is 2.51. The SMILES string of the molecule is ClC1C=Cc2ccc3ccccc3c21. The molecular weight excluding hydrogens is 192 g/mol. The summed E-state index contributed by atoms with van der Waals surface area (Å²) in [5, 5.41) is 2.58. The molecule has 2 aromatic rings. The van der Waals surface area contributed by atoms with E-state index in [0.717, 1.165) is 0 Å². The van der Waals surface area contributed by atoms with Crippen molar-refractivity contribution >= 4 is 28.4 Å². The number of hydrogen-bond acceptors (Lipinski definition) is 0. The monoisotopic (exact) mass is 200 g/mol. The van der Waals surface area contributed by atoms with Crippen molar-refractivity contribution in [3.8, 4) is 0 Å².